The summed E-state index contributed by atoms with van der Waals surface area (Å²) in [6, 6.07) is 7.25. The highest BCUT2D eigenvalue weighted by Crippen LogP contribution is 2.26. The Morgan fingerprint density at radius 2 is 2.36 bits per heavy atom. The molecule has 2 unspecified atom stereocenters. The molecule has 0 amide bonds. The van der Waals surface area contributed by atoms with Crippen LogP contribution >= 0.6 is 0 Å². The van der Waals surface area contributed by atoms with Gasteiger partial charge in [-0.25, -0.2) is 4.21 Å². The molecule has 1 aliphatic heterocycles. The Bertz CT molecular complexity index is 345. The third-order valence-corrected chi connectivity index (χ3v) is 3.12. The zero-order valence-electron chi connectivity index (χ0n) is 7.68. The first kappa shape index (κ1) is 9.83. The molecule has 0 saturated carbocycles. The lowest BCUT2D eigenvalue weighted by Gasteiger charge is -2.08. The van der Waals surface area contributed by atoms with Gasteiger partial charge in [0, 0.05) is 12.5 Å². The van der Waals surface area contributed by atoms with Crippen LogP contribution in [-0.2, 0) is 15.8 Å². The van der Waals surface area contributed by atoms with Gasteiger partial charge in [-0.3, -0.25) is 0 Å². The van der Waals surface area contributed by atoms with Crippen LogP contribution in [0.3, 0.4) is 0 Å². The van der Waals surface area contributed by atoms with Gasteiger partial charge >= 0.3 is 0 Å². The standard InChI is InChI=1S/C10H12O3S/c11-14(12)10-3-1-2-8(6-10)9-4-5-13-7-9/h1-3,6,9H,4-5,7H2,(H,11,12). The Morgan fingerprint density at radius 1 is 1.50 bits per heavy atom. The van der Waals surface area contributed by atoms with Crippen LogP contribution in [0.5, 0.6) is 0 Å². The molecule has 1 heterocycles. The van der Waals surface area contributed by atoms with Gasteiger partial charge in [-0.1, -0.05) is 12.1 Å². The van der Waals surface area contributed by atoms with Crippen molar-refractivity contribution in [1.82, 2.24) is 0 Å². The second kappa shape index (κ2) is 4.21. The number of hydrogen-bond donors (Lipinski definition) is 1. The van der Waals surface area contributed by atoms with E-state index in [2.05, 4.69) is 0 Å². The molecular formula is C10H12O3S. The fraction of sp³-hybridized carbons (Fsp3) is 0.400. The lowest BCUT2D eigenvalue weighted by atomic mass is 9.99. The minimum atomic E-state index is -1.88. The van der Waals surface area contributed by atoms with E-state index in [1.165, 1.54) is 0 Å². The normalized spacial score (nSPS) is 23.6. The molecule has 1 fully saturated rings. The number of benzene rings is 1. The summed E-state index contributed by atoms with van der Waals surface area (Å²) in [4.78, 5) is 0.467. The highest BCUT2D eigenvalue weighted by atomic mass is 32.2. The third kappa shape index (κ3) is 2.03. The van der Waals surface area contributed by atoms with Crippen molar-refractivity contribution >= 4 is 11.1 Å². The van der Waals surface area contributed by atoms with Gasteiger partial charge in [0.15, 0.2) is 11.1 Å². The zero-order valence-corrected chi connectivity index (χ0v) is 8.50. The molecule has 1 saturated heterocycles. The fourth-order valence-corrected chi connectivity index (χ4v) is 2.11. The molecule has 1 aromatic rings. The predicted molar refractivity (Wildman–Crippen MR) is 53.7 cm³/mol. The van der Waals surface area contributed by atoms with Crippen molar-refractivity contribution < 1.29 is 13.5 Å². The molecule has 0 aliphatic carbocycles. The first-order valence-electron chi connectivity index (χ1n) is 4.56. The van der Waals surface area contributed by atoms with E-state index in [0.29, 0.717) is 10.8 Å². The van der Waals surface area contributed by atoms with E-state index in [4.69, 9.17) is 9.29 Å². The minimum absolute atomic E-state index is 0.387. The van der Waals surface area contributed by atoms with Crippen molar-refractivity contribution in [3.05, 3.63) is 29.8 Å². The minimum Gasteiger partial charge on any atom is -0.381 e. The second-order valence-electron chi connectivity index (χ2n) is 3.38. The van der Waals surface area contributed by atoms with Crippen LogP contribution in [0.4, 0.5) is 0 Å². The van der Waals surface area contributed by atoms with Crippen molar-refractivity contribution in [2.24, 2.45) is 0 Å². The molecule has 76 valence electrons. The SMILES string of the molecule is O=S(O)c1cccc(C2CCOC2)c1. The molecule has 3 nitrogen and oxygen atoms in total. The first-order chi connectivity index (χ1) is 6.77. The maximum atomic E-state index is 10.8. The summed E-state index contributed by atoms with van der Waals surface area (Å²) in [5.41, 5.74) is 1.10. The average molecular weight is 212 g/mol. The van der Waals surface area contributed by atoms with Gasteiger partial charge in [0.2, 0.25) is 0 Å². The smallest absolute Gasteiger partial charge is 0.186 e. The molecule has 0 bridgehead atoms. The summed E-state index contributed by atoms with van der Waals surface area (Å²) >= 11 is -1.88. The summed E-state index contributed by atoms with van der Waals surface area (Å²) in [5.74, 6) is 0.387. The van der Waals surface area contributed by atoms with Gasteiger partial charge in [0.1, 0.15) is 0 Å². The third-order valence-electron chi connectivity index (χ3n) is 2.46. The van der Waals surface area contributed by atoms with Crippen LogP contribution in [0, 0.1) is 0 Å². The van der Waals surface area contributed by atoms with Crippen molar-refractivity contribution in [1.29, 1.82) is 0 Å². The van der Waals surface area contributed by atoms with E-state index in [1.54, 1.807) is 12.1 Å². The van der Waals surface area contributed by atoms with Gasteiger partial charge in [0.25, 0.3) is 0 Å². The average Bonchev–Trinajstić information content (AvgIpc) is 2.71. The lowest BCUT2D eigenvalue weighted by molar-refractivity contribution is 0.194. The van der Waals surface area contributed by atoms with E-state index in [9.17, 15) is 4.21 Å². The van der Waals surface area contributed by atoms with Gasteiger partial charge < -0.3 is 9.29 Å². The van der Waals surface area contributed by atoms with Crippen LogP contribution in [0.2, 0.25) is 0 Å². The van der Waals surface area contributed by atoms with E-state index < -0.39 is 11.1 Å². The predicted octanol–water partition coefficient (Wildman–Crippen LogP) is 1.77. The molecular weight excluding hydrogens is 200 g/mol. The highest BCUT2D eigenvalue weighted by Gasteiger charge is 2.18. The van der Waals surface area contributed by atoms with Gasteiger partial charge in [-0.2, -0.15) is 0 Å². The molecule has 0 radical (unpaired) electrons. The molecule has 0 spiro atoms. The Balaban J connectivity index is 2.25. The number of hydrogen-bond acceptors (Lipinski definition) is 2. The lowest BCUT2D eigenvalue weighted by Crippen LogP contribution is -1.99. The summed E-state index contributed by atoms with van der Waals surface area (Å²) in [7, 11) is 0. The summed E-state index contributed by atoms with van der Waals surface area (Å²) in [6.45, 7) is 1.51. The van der Waals surface area contributed by atoms with Crippen LogP contribution in [-0.4, -0.2) is 22.0 Å². The van der Waals surface area contributed by atoms with Crippen molar-refractivity contribution in [2.45, 2.75) is 17.2 Å². The molecule has 1 aliphatic rings. The molecule has 2 atom stereocenters. The van der Waals surface area contributed by atoms with E-state index in [-0.39, 0.29) is 0 Å². The summed E-state index contributed by atoms with van der Waals surface area (Å²) < 4.78 is 25.1. The van der Waals surface area contributed by atoms with Gasteiger partial charge in [-0.05, 0) is 24.1 Å². The van der Waals surface area contributed by atoms with Crippen LogP contribution < -0.4 is 0 Å². The Labute approximate surface area is 85.4 Å². The quantitative estimate of drug-likeness (QED) is 0.760. The van der Waals surface area contributed by atoms with E-state index in [0.717, 1.165) is 25.2 Å². The fourth-order valence-electron chi connectivity index (χ4n) is 1.67. The number of ether oxygens (including phenoxy) is 1. The van der Waals surface area contributed by atoms with Gasteiger partial charge in [-0.15, -0.1) is 0 Å². The van der Waals surface area contributed by atoms with Crippen molar-refractivity contribution in [3.63, 3.8) is 0 Å². The summed E-state index contributed by atoms with van der Waals surface area (Å²) in [6.07, 6.45) is 1.00. The zero-order chi connectivity index (χ0) is 9.97. The second-order valence-corrected chi connectivity index (χ2v) is 4.35. The molecule has 4 heteroatoms. The molecule has 1 aromatic carbocycles. The molecule has 14 heavy (non-hydrogen) atoms. The number of rotatable bonds is 2. The Kier molecular flexibility index (Phi) is 2.96. The van der Waals surface area contributed by atoms with Crippen LogP contribution in [0.1, 0.15) is 17.9 Å². The molecule has 1 N–H and O–H groups in total. The van der Waals surface area contributed by atoms with Crippen LogP contribution in [0.15, 0.2) is 29.2 Å². The van der Waals surface area contributed by atoms with Crippen molar-refractivity contribution in [3.8, 4) is 0 Å². The largest absolute Gasteiger partial charge is 0.381 e. The Morgan fingerprint density at radius 3 is 3.00 bits per heavy atom. The van der Waals surface area contributed by atoms with Gasteiger partial charge in [0.05, 0.1) is 11.5 Å². The molecule has 2 rings (SSSR count). The highest BCUT2D eigenvalue weighted by molar-refractivity contribution is 7.79. The maximum absolute atomic E-state index is 10.8. The first-order valence-corrected chi connectivity index (χ1v) is 5.66. The Hall–Kier alpha value is -0.710. The van der Waals surface area contributed by atoms with E-state index in [1.807, 2.05) is 12.1 Å². The molecule has 0 aromatic heterocycles. The summed E-state index contributed by atoms with van der Waals surface area (Å²) in [5, 5.41) is 0. The maximum Gasteiger partial charge on any atom is 0.186 e. The van der Waals surface area contributed by atoms with Crippen LogP contribution in [0.25, 0.3) is 0 Å². The van der Waals surface area contributed by atoms with E-state index >= 15 is 0 Å². The topological polar surface area (TPSA) is 46.5 Å². The monoisotopic (exact) mass is 212 g/mol. The van der Waals surface area contributed by atoms with Crippen molar-refractivity contribution in [2.75, 3.05) is 13.2 Å².